The second-order valence-electron chi connectivity index (χ2n) is 5.36. The van der Waals surface area contributed by atoms with E-state index in [1.807, 2.05) is 23.5 Å². The average molecular weight is 306 g/mol. The number of hydrogen-bond acceptors (Lipinski definition) is 5. The lowest BCUT2D eigenvalue weighted by molar-refractivity contribution is -0.163. The molecule has 0 aromatic carbocycles. The molecule has 2 atom stereocenters. The van der Waals surface area contributed by atoms with Crippen LogP contribution in [0.5, 0.6) is 0 Å². The fraction of sp³-hybridized carbons (Fsp3) is 1.00. The van der Waals surface area contributed by atoms with Crippen LogP contribution in [0.25, 0.3) is 0 Å². The second-order valence-corrected chi connectivity index (χ2v) is 8.47. The van der Waals surface area contributed by atoms with Gasteiger partial charge < -0.3 is 14.6 Å². The topological polar surface area (TPSA) is 38.7 Å². The molecule has 1 unspecified atom stereocenters. The maximum atomic E-state index is 9.51. The molecule has 0 spiro atoms. The van der Waals surface area contributed by atoms with Crippen molar-refractivity contribution in [3.8, 4) is 0 Å². The number of ether oxygens (including phenoxy) is 2. The summed E-state index contributed by atoms with van der Waals surface area (Å²) in [5.74, 6) is 2.73. The van der Waals surface area contributed by atoms with Crippen LogP contribution >= 0.6 is 23.5 Å². The van der Waals surface area contributed by atoms with Crippen LogP contribution in [0.2, 0.25) is 0 Å². The maximum absolute atomic E-state index is 9.51. The molecule has 2 saturated heterocycles. The Bertz CT molecular complexity index is 251. The first kappa shape index (κ1) is 16.0. The van der Waals surface area contributed by atoms with E-state index in [9.17, 15) is 5.11 Å². The highest BCUT2D eigenvalue weighted by Crippen LogP contribution is 2.49. The summed E-state index contributed by atoms with van der Waals surface area (Å²) in [6, 6.07) is 0. The molecule has 19 heavy (non-hydrogen) atoms. The molecule has 0 aliphatic carbocycles. The number of rotatable bonds is 6. The molecule has 0 radical (unpaired) electrons. The smallest absolute Gasteiger partial charge is 0.157 e. The van der Waals surface area contributed by atoms with Gasteiger partial charge in [-0.1, -0.05) is 6.92 Å². The van der Waals surface area contributed by atoms with E-state index in [2.05, 4.69) is 6.92 Å². The van der Waals surface area contributed by atoms with E-state index in [-0.39, 0.29) is 17.0 Å². The van der Waals surface area contributed by atoms with Gasteiger partial charge in [0.2, 0.25) is 0 Å². The zero-order valence-corrected chi connectivity index (χ0v) is 13.4. The van der Waals surface area contributed by atoms with Crippen molar-refractivity contribution in [1.29, 1.82) is 0 Å². The molecular formula is C14H26O3S2. The Morgan fingerprint density at radius 1 is 1.32 bits per heavy atom. The maximum Gasteiger partial charge on any atom is 0.157 e. The third-order valence-corrected chi connectivity index (χ3v) is 7.78. The molecule has 2 heterocycles. The predicted molar refractivity (Wildman–Crippen MR) is 82.7 cm³/mol. The van der Waals surface area contributed by atoms with Crippen molar-refractivity contribution in [3.05, 3.63) is 0 Å². The molecule has 0 aromatic heterocycles. The fourth-order valence-corrected chi connectivity index (χ4v) is 6.04. The number of aliphatic hydroxyl groups excluding tert-OH is 1. The van der Waals surface area contributed by atoms with Crippen LogP contribution in [0.1, 0.15) is 39.0 Å². The highest BCUT2D eigenvalue weighted by Gasteiger charge is 2.38. The summed E-state index contributed by atoms with van der Waals surface area (Å²) in [6.45, 7) is 4.00. The van der Waals surface area contributed by atoms with Gasteiger partial charge >= 0.3 is 0 Å². The molecule has 0 saturated carbocycles. The van der Waals surface area contributed by atoms with E-state index in [1.165, 1.54) is 24.3 Å². The third-order valence-electron chi connectivity index (χ3n) is 3.90. The largest absolute Gasteiger partial charge is 0.396 e. The highest BCUT2D eigenvalue weighted by molar-refractivity contribution is 8.18. The van der Waals surface area contributed by atoms with Gasteiger partial charge in [0.15, 0.2) is 6.29 Å². The Labute approximate surface area is 125 Å². The highest BCUT2D eigenvalue weighted by atomic mass is 32.2. The monoisotopic (exact) mass is 306 g/mol. The molecule has 2 aliphatic heterocycles. The number of thioether (sulfide) groups is 2. The first-order valence-corrected chi connectivity index (χ1v) is 9.36. The van der Waals surface area contributed by atoms with Gasteiger partial charge in [0, 0.05) is 19.1 Å². The van der Waals surface area contributed by atoms with Gasteiger partial charge in [-0.15, -0.1) is 23.5 Å². The lowest BCUT2D eigenvalue weighted by Crippen LogP contribution is -2.37. The Morgan fingerprint density at radius 3 is 2.74 bits per heavy atom. The van der Waals surface area contributed by atoms with Crippen molar-refractivity contribution in [2.75, 3.05) is 31.3 Å². The Hall–Kier alpha value is 0.580. The van der Waals surface area contributed by atoms with Crippen LogP contribution < -0.4 is 0 Å². The zero-order chi connectivity index (χ0) is 13.6. The molecule has 0 aromatic rings. The van der Waals surface area contributed by atoms with Gasteiger partial charge in [-0.25, -0.2) is 0 Å². The van der Waals surface area contributed by atoms with Gasteiger partial charge in [-0.2, -0.15) is 0 Å². The molecule has 5 heteroatoms. The zero-order valence-electron chi connectivity index (χ0n) is 11.8. The standard InChI is InChI=1S/C14H26O3S2/c1-12(11-15)14(18-9-4-10-19-14)6-8-17-13-5-2-3-7-16-13/h12-13,15H,2-11H2,1H3/t12-,13?/m1/s1. The lowest BCUT2D eigenvalue weighted by Gasteiger charge is -2.40. The van der Waals surface area contributed by atoms with Crippen molar-refractivity contribution < 1.29 is 14.6 Å². The van der Waals surface area contributed by atoms with E-state index in [0.717, 1.165) is 32.5 Å². The van der Waals surface area contributed by atoms with Crippen molar-refractivity contribution in [2.45, 2.75) is 49.4 Å². The summed E-state index contributed by atoms with van der Waals surface area (Å²) in [5, 5.41) is 9.51. The SMILES string of the molecule is C[C@H](CO)C1(CCOC2CCCCO2)SCCCS1. The normalized spacial score (nSPS) is 29.1. The van der Waals surface area contributed by atoms with Crippen molar-refractivity contribution >= 4 is 23.5 Å². The molecule has 0 bridgehead atoms. The summed E-state index contributed by atoms with van der Waals surface area (Å²) >= 11 is 4.02. The van der Waals surface area contributed by atoms with E-state index in [1.54, 1.807) is 0 Å². The van der Waals surface area contributed by atoms with Crippen LogP contribution in [0.4, 0.5) is 0 Å². The molecule has 2 rings (SSSR count). The molecule has 1 N–H and O–H groups in total. The first-order chi connectivity index (χ1) is 9.27. The second kappa shape index (κ2) is 8.13. The predicted octanol–water partition coefficient (Wildman–Crippen LogP) is 3.11. The molecule has 2 aliphatic rings. The third kappa shape index (κ3) is 4.53. The van der Waals surface area contributed by atoms with Crippen molar-refractivity contribution in [1.82, 2.24) is 0 Å². The fourth-order valence-electron chi connectivity index (χ4n) is 2.58. The minimum Gasteiger partial charge on any atom is -0.396 e. The molecule has 112 valence electrons. The molecular weight excluding hydrogens is 280 g/mol. The minimum atomic E-state index is 0.00817. The lowest BCUT2D eigenvalue weighted by atomic mass is 10.1. The number of hydrogen-bond donors (Lipinski definition) is 1. The van der Waals surface area contributed by atoms with Crippen LogP contribution in [0.3, 0.4) is 0 Å². The molecule has 2 fully saturated rings. The first-order valence-electron chi connectivity index (χ1n) is 7.39. The average Bonchev–Trinajstić information content (AvgIpc) is 2.48. The molecule has 3 nitrogen and oxygen atoms in total. The van der Waals surface area contributed by atoms with Crippen molar-refractivity contribution in [3.63, 3.8) is 0 Å². The van der Waals surface area contributed by atoms with Gasteiger partial charge in [0.05, 0.1) is 10.7 Å². The number of aliphatic hydroxyl groups is 1. The van der Waals surface area contributed by atoms with Crippen LogP contribution in [-0.2, 0) is 9.47 Å². The summed E-state index contributed by atoms with van der Waals surface area (Å²) in [4.78, 5) is 0. The van der Waals surface area contributed by atoms with Crippen LogP contribution in [0.15, 0.2) is 0 Å². The minimum absolute atomic E-state index is 0.00817. The van der Waals surface area contributed by atoms with E-state index in [4.69, 9.17) is 9.47 Å². The van der Waals surface area contributed by atoms with E-state index in [0.29, 0.717) is 5.92 Å². The van der Waals surface area contributed by atoms with E-state index < -0.39 is 0 Å². The van der Waals surface area contributed by atoms with Gasteiger partial charge in [0.1, 0.15) is 0 Å². The van der Waals surface area contributed by atoms with Gasteiger partial charge in [-0.3, -0.25) is 0 Å². The quantitative estimate of drug-likeness (QED) is 0.816. The van der Waals surface area contributed by atoms with Crippen LogP contribution in [0, 0.1) is 5.92 Å². The summed E-state index contributed by atoms with van der Waals surface area (Å²) in [7, 11) is 0. The van der Waals surface area contributed by atoms with Crippen LogP contribution in [-0.4, -0.2) is 46.8 Å². The Kier molecular flexibility index (Phi) is 6.83. The Morgan fingerprint density at radius 2 is 2.11 bits per heavy atom. The van der Waals surface area contributed by atoms with E-state index >= 15 is 0 Å². The van der Waals surface area contributed by atoms with Gasteiger partial charge in [0.25, 0.3) is 0 Å². The Balaban J connectivity index is 1.79. The van der Waals surface area contributed by atoms with Gasteiger partial charge in [-0.05, 0) is 43.6 Å². The summed E-state index contributed by atoms with van der Waals surface area (Å²) in [5.41, 5.74) is 0. The summed E-state index contributed by atoms with van der Waals surface area (Å²) in [6.07, 6.45) is 5.70. The van der Waals surface area contributed by atoms with Crippen molar-refractivity contribution in [2.24, 2.45) is 5.92 Å². The molecule has 0 amide bonds. The summed E-state index contributed by atoms with van der Waals surface area (Å²) < 4.78 is 11.6.